The summed E-state index contributed by atoms with van der Waals surface area (Å²) in [4.78, 5) is 27.6. The molecule has 2 heterocycles. The number of nitrogens with one attached hydrogen (secondary N) is 1. The molecular weight excluding hydrogens is 268 g/mol. The average Bonchev–Trinajstić information content (AvgIpc) is 2.50. The summed E-state index contributed by atoms with van der Waals surface area (Å²) < 4.78 is 1.32. The number of carbonyl (C=O) groups is 1. The largest absolute Gasteiger partial charge is 0.350 e. The summed E-state index contributed by atoms with van der Waals surface area (Å²) in [6, 6.07) is 6.64. The number of aromatic nitrogens is 3. The molecule has 2 rings (SSSR count). The minimum absolute atomic E-state index is 0.191. The van der Waals surface area contributed by atoms with Gasteiger partial charge in [-0.2, -0.15) is 5.10 Å². The molecule has 1 N–H and O–H groups in total. The van der Waals surface area contributed by atoms with Crippen molar-refractivity contribution in [3.63, 3.8) is 0 Å². The number of amides is 1. The van der Waals surface area contributed by atoms with Crippen molar-refractivity contribution in [2.75, 3.05) is 6.54 Å². The van der Waals surface area contributed by atoms with Crippen LogP contribution in [0.5, 0.6) is 0 Å². The summed E-state index contributed by atoms with van der Waals surface area (Å²) in [5.74, 6) is -0.274. The number of aryl methyl sites for hydroxylation is 1. The molecule has 0 aliphatic heterocycles. The molecule has 6 nitrogen and oxygen atoms in total. The molecule has 1 amide bonds. The third kappa shape index (κ3) is 4.24. The van der Waals surface area contributed by atoms with Gasteiger partial charge in [-0.3, -0.25) is 14.6 Å². The monoisotopic (exact) mass is 286 g/mol. The summed E-state index contributed by atoms with van der Waals surface area (Å²) in [6.07, 6.45) is 4.97. The zero-order valence-corrected chi connectivity index (χ0v) is 12.0. The molecule has 0 spiro atoms. The van der Waals surface area contributed by atoms with E-state index in [1.165, 1.54) is 16.8 Å². The van der Waals surface area contributed by atoms with Gasteiger partial charge in [-0.05, 0) is 30.5 Å². The predicted octanol–water partition coefficient (Wildman–Crippen LogP) is 1.02. The molecule has 0 fully saturated rings. The molecule has 2 aromatic heterocycles. The van der Waals surface area contributed by atoms with E-state index in [1.54, 1.807) is 12.4 Å². The van der Waals surface area contributed by atoms with Crippen molar-refractivity contribution in [2.24, 2.45) is 0 Å². The Morgan fingerprint density at radius 3 is 2.90 bits per heavy atom. The van der Waals surface area contributed by atoms with Crippen LogP contribution >= 0.6 is 0 Å². The van der Waals surface area contributed by atoms with Crippen LogP contribution in [-0.4, -0.2) is 27.2 Å². The van der Waals surface area contributed by atoms with Crippen LogP contribution in [0.2, 0.25) is 0 Å². The van der Waals surface area contributed by atoms with E-state index in [9.17, 15) is 9.59 Å². The Kier molecular flexibility index (Phi) is 5.20. The molecule has 0 bridgehead atoms. The summed E-state index contributed by atoms with van der Waals surface area (Å²) >= 11 is 0. The van der Waals surface area contributed by atoms with Crippen molar-refractivity contribution in [2.45, 2.75) is 26.3 Å². The second-order valence-corrected chi connectivity index (χ2v) is 4.65. The Balaban J connectivity index is 1.94. The first-order chi connectivity index (χ1) is 10.2. The van der Waals surface area contributed by atoms with Crippen molar-refractivity contribution in [3.8, 4) is 0 Å². The number of pyridine rings is 1. The van der Waals surface area contributed by atoms with Crippen LogP contribution in [-0.2, 0) is 13.0 Å². The highest BCUT2D eigenvalue weighted by molar-refractivity contribution is 5.91. The van der Waals surface area contributed by atoms with Gasteiger partial charge in [0.2, 0.25) is 0 Å². The highest BCUT2D eigenvalue weighted by Crippen LogP contribution is 1.97. The summed E-state index contributed by atoms with van der Waals surface area (Å²) in [5, 5.41) is 6.86. The molecule has 2 aromatic rings. The van der Waals surface area contributed by atoms with E-state index in [0.717, 1.165) is 12.0 Å². The van der Waals surface area contributed by atoms with Crippen LogP contribution in [0.3, 0.4) is 0 Å². The van der Waals surface area contributed by atoms with Crippen LogP contribution in [0.1, 0.15) is 29.4 Å². The fraction of sp³-hybridized carbons (Fsp3) is 0.333. The first kappa shape index (κ1) is 14.9. The molecule has 0 aliphatic rings. The van der Waals surface area contributed by atoms with Gasteiger partial charge < -0.3 is 5.32 Å². The summed E-state index contributed by atoms with van der Waals surface area (Å²) in [5.41, 5.74) is 1.12. The van der Waals surface area contributed by atoms with Gasteiger partial charge in [-0.1, -0.05) is 13.0 Å². The quantitative estimate of drug-likeness (QED) is 0.860. The molecule has 0 unspecified atom stereocenters. The molecule has 0 radical (unpaired) electrons. The standard InChI is InChI=1S/C15H18N4O2/c1-2-10-19-14(20)6-5-13(18-19)15(21)17-9-7-12-4-3-8-16-11-12/h3-6,8,11H,2,7,9-10H2,1H3,(H,17,21). The second-order valence-electron chi connectivity index (χ2n) is 4.65. The van der Waals surface area contributed by atoms with Crippen molar-refractivity contribution in [1.82, 2.24) is 20.1 Å². The molecule has 0 aliphatic carbocycles. The van der Waals surface area contributed by atoms with E-state index in [4.69, 9.17) is 0 Å². The minimum atomic E-state index is -0.274. The lowest BCUT2D eigenvalue weighted by atomic mass is 10.2. The lowest BCUT2D eigenvalue weighted by molar-refractivity contribution is 0.0946. The Morgan fingerprint density at radius 2 is 2.19 bits per heavy atom. The number of hydrogen-bond donors (Lipinski definition) is 1. The highest BCUT2D eigenvalue weighted by Gasteiger charge is 2.08. The molecule has 0 saturated heterocycles. The van der Waals surface area contributed by atoms with Gasteiger partial charge in [-0.25, -0.2) is 4.68 Å². The van der Waals surface area contributed by atoms with Crippen molar-refractivity contribution < 1.29 is 4.79 Å². The molecule has 0 atom stereocenters. The molecule has 0 saturated carbocycles. The second kappa shape index (κ2) is 7.33. The minimum Gasteiger partial charge on any atom is -0.350 e. The van der Waals surface area contributed by atoms with Crippen molar-refractivity contribution in [3.05, 3.63) is 58.3 Å². The molecule has 0 aromatic carbocycles. The Morgan fingerprint density at radius 1 is 1.33 bits per heavy atom. The molecular formula is C15H18N4O2. The van der Waals surface area contributed by atoms with Crippen LogP contribution in [0.4, 0.5) is 0 Å². The Hall–Kier alpha value is -2.50. The zero-order valence-electron chi connectivity index (χ0n) is 12.0. The molecule has 21 heavy (non-hydrogen) atoms. The van der Waals surface area contributed by atoms with Gasteiger partial charge in [0.25, 0.3) is 11.5 Å². The van der Waals surface area contributed by atoms with Crippen LogP contribution in [0, 0.1) is 0 Å². The normalized spacial score (nSPS) is 10.3. The maximum Gasteiger partial charge on any atom is 0.271 e. The van der Waals surface area contributed by atoms with E-state index in [1.807, 2.05) is 19.1 Å². The summed E-state index contributed by atoms with van der Waals surface area (Å²) in [6.45, 7) is 2.96. The lowest BCUT2D eigenvalue weighted by Gasteiger charge is -2.07. The highest BCUT2D eigenvalue weighted by atomic mass is 16.2. The summed E-state index contributed by atoms with van der Waals surface area (Å²) in [7, 11) is 0. The topological polar surface area (TPSA) is 76.9 Å². The van der Waals surface area contributed by atoms with Gasteiger partial charge in [0.05, 0.1) is 0 Å². The van der Waals surface area contributed by atoms with Gasteiger partial charge >= 0.3 is 0 Å². The number of carbonyl (C=O) groups excluding carboxylic acids is 1. The maximum absolute atomic E-state index is 12.0. The van der Waals surface area contributed by atoms with E-state index >= 15 is 0 Å². The SMILES string of the molecule is CCCn1nc(C(=O)NCCc2cccnc2)ccc1=O. The number of hydrogen-bond acceptors (Lipinski definition) is 4. The first-order valence-electron chi connectivity index (χ1n) is 6.96. The van der Waals surface area contributed by atoms with Crippen molar-refractivity contribution in [1.29, 1.82) is 0 Å². The third-order valence-corrected chi connectivity index (χ3v) is 2.96. The molecule has 6 heteroatoms. The number of nitrogens with zero attached hydrogens (tertiary/aromatic N) is 3. The average molecular weight is 286 g/mol. The van der Waals surface area contributed by atoms with Gasteiger partial charge in [0.15, 0.2) is 0 Å². The van der Waals surface area contributed by atoms with E-state index in [-0.39, 0.29) is 17.2 Å². The Bertz CT molecular complexity index is 652. The van der Waals surface area contributed by atoms with Gasteiger partial charge in [-0.15, -0.1) is 0 Å². The zero-order chi connectivity index (χ0) is 15.1. The van der Waals surface area contributed by atoms with E-state index in [2.05, 4.69) is 15.4 Å². The van der Waals surface area contributed by atoms with Gasteiger partial charge in [0, 0.05) is 31.5 Å². The smallest absolute Gasteiger partial charge is 0.271 e. The lowest BCUT2D eigenvalue weighted by Crippen LogP contribution is -2.30. The number of rotatable bonds is 6. The fourth-order valence-corrected chi connectivity index (χ4v) is 1.90. The Labute approximate surface area is 122 Å². The predicted molar refractivity (Wildman–Crippen MR) is 79.1 cm³/mol. The van der Waals surface area contributed by atoms with Crippen molar-refractivity contribution >= 4 is 5.91 Å². The van der Waals surface area contributed by atoms with Crippen LogP contribution < -0.4 is 10.9 Å². The third-order valence-electron chi connectivity index (χ3n) is 2.96. The van der Waals surface area contributed by atoms with Crippen LogP contribution in [0.25, 0.3) is 0 Å². The first-order valence-corrected chi connectivity index (χ1v) is 6.96. The fourth-order valence-electron chi connectivity index (χ4n) is 1.90. The van der Waals surface area contributed by atoms with Crippen LogP contribution in [0.15, 0.2) is 41.5 Å². The van der Waals surface area contributed by atoms with Gasteiger partial charge in [0.1, 0.15) is 5.69 Å². The van der Waals surface area contributed by atoms with E-state index in [0.29, 0.717) is 19.5 Å². The molecule has 110 valence electrons. The maximum atomic E-state index is 12.0. The van der Waals surface area contributed by atoms with E-state index < -0.39 is 0 Å².